The first kappa shape index (κ1) is 27.2. The second-order valence-corrected chi connectivity index (χ2v) is 8.91. The maximum atomic E-state index is 13.4. The van der Waals surface area contributed by atoms with Crippen LogP contribution in [0.3, 0.4) is 0 Å². The van der Waals surface area contributed by atoms with Gasteiger partial charge in [-0.2, -0.15) is 0 Å². The third kappa shape index (κ3) is 5.84. The van der Waals surface area contributed by atoms with Crippen LogP contribution >= 0.6 is 0 Å². The van der Waals surface area contributed by atoms with Crippen molar-refractivity contribution in [3.8, 4) is 17.2 Å². The number of morpholine rings is 1. The number of hydrogen-bond donors (Lipinski definition) is 1. The van der Waals surface area contributed by atoms with Gasteiger partial charge in [-0.05, 0) is 48.9 Å². The van der Waals surface area contributed by atoms with Crippen LogP contribution in [0.1, 0.15) is 24.1 Å². The van der Waals surface area contributed by atoms with Gasteiger partial charge in [0.15, 0.2) is 11.5 Å². The van der Waals surface area contributed by atoms with Crippen LogP contribution in [0.15, 0.2) is 60.7 Å². The Morgan fingerprint density at radius 2 is 1.82 bits per heavy atom. The number of rotatable bonds is 11. The standard InChI is InChI=1S/C29H34N2O7/c1-4-16-38-23-11-8-21(19-24(23)35-3)26-25(27(32)20-6-9-22(10-7-20)37-5-2)28(33)29(34)31(26)13-12-30-14-17-36-18-15-30/h4,6-11,19,26,32H,1,5,12-18H2,2-3H3/b27-25+. The molecule has 2 aliphatic heterocycles. The summed E-state index contributed by atoms with van der Waals surface area (Å²) in [6.45, 7) is 10.0. The van der Waals surface area contributed by atoms with E-state index < -0.39 is 17.7 Å². The summed E-state index contributed by atoms with van der Waals surface area (Å²) in [7, 11) is 1.52. The maximum absolute atomic E-state index is 13.4. The number of ketones is 1. The molecule has 2 aliphatic rings. The van der Waals surface area contributed by atoms with Crippen molar-refractivity contribution in [2.45, 2.75) is 13.0 Å². The fourth-order valence-corrected chi connectivity index (χ4v) is 4.68. The summed E-state index contributed by atoms with van der Waals surface area (Å²) in [5.41, 5.74) is 1.08. The Hall–Kier alpha value is -3.82. The summed E-state index contributed by atoms with van der Waals surface area (Å²) in [4.78, 5) is 30.4. The van der Waals surface area contributed by atoms with E-state index in [2.05, 4.69) is 11.5 Å². The van der Waals surface area contributed by atoms with E-state index in [0.29, 0.717) is 67.9 Å². The summed E-state index contributed by atoms with van der Waals surface area (Å²) >= 11 is 0. The number of nitrogens with zero attached hydrogens (tertiary/aromatic N) is 2. The van der Waals surface area contributed by atoms with Crippen LogP contribution < -0.4 is 14.2 Å². The van der Waals surface area contributed by atoms with Gasteiger partial charge in [0.05, 0.1) is 38.5 Å². The molecule has 0 aromatic heterocycles. The monoisotopic (exact) mass is 522 g/mol. The molecule has 2 aromatic carbocycles. The van der Waals surface area contributed by atoms with E-state index in [1.54, 1.807) is 48.5 Å². The van der Waals surface area contributed by atoms with E-state index in [1.165, 1.54) is 12.0 Å². The number of amides is 1. The molecule has 2 aromatic rings. The molecule has 0 bridgehead atoms. The van der Waals surface area contributed by atoms with Crippen molar-refractivity contribution in [1.29, 1.82) is 0 Å². The van der Waals surface area contributed by atoms with Gasteiger partial charge < -0.3 is 29.0 Å². The van der Waals surface area contributed by atoms with Crippen LogP contribution in [0.4, 0.5) is 0 Å². The molecule has 9 heteroatoms. The van der Waals surface area contributed by atoms with Gasteiger partial charge in [-0.3, -0.25) is 14.5 Å². The molecular weight excluding hydrogens is 488 g/mol. The van der Waals surface area contributed by atoms with E-state index in [4.69, 9.17) is 18.9 Å². The molecule has 0 radical (unpaired) electrons. The first-order valence-corrected chi connectivity index (χ1v) is 12.7. The van der Waals surface area contributed by atoms with Crippen molar-refractivity contribution < 1.29 is 33.6 Å². The zero-order valence-corrected chi connectivity index (χ0v) is 21.9. The quantitative estimate of drug-likeness (QED) is 0.208. The van der Waals surface area contributed by atoms with E-state index in [0.717, 1.165) is 13.1 Å². The lowest BCUT2D eigenvalue weighted by molar-refractivity contribution is -0.140. The number of ether oxygens (including phenoxy) is 4. The molecule has 2 saturated heterocycles. The molecule has 38 heavy (non-hydrogen) atoms. The summed E-state index contributed by atoms with van der Waals surface area (Å²) < 4.78 is 22.1. The topological polar surface area (TPSA) is 97.8 Å². The molecule has 1 N–H and O–H groups in total. The molecule has 2 fully saturated rings. The minimum absolute atomic E-state index is 0.0305. The summed E-state index contributed by atoms with van der Waals surface area (Å²) in [6, 6.07) is 11.2. The Labute approximate surface area is 222 Å². The number of carbonyl (C=O) groups excluding carboxylic acids is 2. The van der Waals surface area contributed by atoms with Crippen molar-refractivity contribution in [3.63, 3.8) is 0 Å². The van der Waals surface area contributed by atoms with Gasteiger partial charge in [0.2, 0.25) is 0 Å². The fourth-order valence-electron chi connectivity index (χ4n) is 4.68. The minimum atomic E-state index is -0.801. The van der Waals surface area contributed by atoms with Crippen LogP contribution in [-0.4, -0.2) is 86.3 Å². The number of Topliss-reactive ketones (excluding diaryl/α,β-unsaturated/α-hetero) is 1. The minimum Gasteiger partial charge on any atom is -0.507 e. The zero-order chi connectivity index (χ0) is 27.1. The van der Waals surface area contributed by atoms with E-state index in [1.807, 2.05) is 6.92 Å². The van der Waals surface area contributed by atoms with Crippen LogP contribution in [0, 0.1) is 0 Å². The van der Waals surface area contributed by atoms with Crippen molar-refractivity contribution in [3.05, 3.63) is 71.8 Å². The van der Waals surface area contributed by atoms with Crippen LogP contribution in [-0.2, 0) is 14.3 Å². The van der Waals surface area contributed by atoms with Crippen LogP contribution in [0.2, 0.25) is 0 Å². The molecule has 0 aliphatic carbocycles. The number of aliphatic hydroxyl groups excluding tert-OH is 1. The number of hydrogen-bond acceptors (Lipinski definition) is 8. The Balaban J connectivity index is 1.75. The molecule has 0 spiro atoms. The van der Waals surface area contributed by atoms with Gasteiger partial charge in [0.25, 0.3) is 11.7 Å². The smallest absolute Gasteiger partial charge is 0.295 e. The number of methoxy groups -OCH3 is 1. The second kappa shape index (κ2) is 12.6. The molecule has 202 valence electrons. The van der Waals surface area contributed by atoms with Gasteiger partial charge in [-0.15, -0.1) is 0 Å². The highest BCUT2D eigenvalue weighted by molar-refractivity contribution is 6.46. The molecule has 2 heterocycles. The van der Waals surface area contributed by atoms with E-state index >= 15 is 0 Å². The molecule has 1 unspecified atom stereocenters. The lowest BCUT2D eigenvalue weighted by atomic mass is 9.95. The molecule has 0 saturated carbocycles. The van der Waals surface area contributed by atoms with Crippen LogP contribution in [0.5, 0.6) is 17.2 Å². The van der Waals surface area contributed by atoms with Crippen LogP contribution in [0.25, 0.3) is 5.76 Å². The van der Waals surface area contributed by atoms with Gasteiger partial charge in [-0.1, -0.05) is 18.7 Å². The number of likely N-dealkylation sites (tertiary alicyclic amines) is 1. The average Bonchev–Trinajstić information content (AvgIpc) is 3.20. The van der Waals surface area contributed by atoms with Gasteiger partial charge in [0, 0.05) is 31.7 Å². The van der Waals surface area contributed by atoms with Crippen molar-refractivity contribution >= 4 is 17.4 Å². The normalized spacial score (nSPS) is 19.4. The van der Waals surface area contributed by atoms with Gasteiger partial charge in [0.1, 0.15) is 18.1 Å². The lowest BCUT2D eigenvalue weighted by Crippen LogP contribution is -2.42. The Bertz CT molecular complexity index is 1190. The maximum Gasteiger partial charge on any atom is 0.295 e. The highest BCUT2D eigenvalue weighted by Gasteiger charge is 2.46. The first-order valence-electron chi connectivity index (χ1n) is 12.7. The summed E-state index contributed by atoms with van der Waals surface area (Å²) in [5, 5.41) is 11.3. The molecule has 1 amide bonds. The third-order valence-electron chi connectivity index (χ3n) is 6.60. The van der Waals surface area contributed by atoms with Crippen molar-refractivity contribution in [2.24, 2.45) is 0 Å². The Morgan fingerprint density at radius 3 is 2.47 bits per heavy atom. The third-order valence-corrected chi connectivity index (χ3v) is 6.60. The first-order chi connectivity index (χ1) is 18.5. The molecule has 9 nitrogen and oxygen atoms in total. The van der Waals surface area contributed by atoms with Crippen molar-refractivity contribution in [1.82, 2.24) is 9.80 Å². The number of carbonyl (C=O) groups is 2. The van der Waals surface area contributed by atoms with Gasteiger partial charge in [-0.25, -0.2) is 0 Å². The molecule has 4 rings (SSSR count). The lowest BCUT2D eigenvalue weighted by Gasteiger charge is -2.31. The average molecular weight is 523 g/mol. The highest BCUT2D eigenvalue weighted by Crippen LogP contribution is 2.42. The Morgan fingerprint density at radius 1 is 1.08 bits per heavy atom. The molecule has 1 atom stereocenters. The number of benzene rings is 2. The summed E-state index contributed by atoms with van der Waals surface area (Å²) in [5.74, 6) is -0.0178. The predicted molar refractivity (Wildman–Crippen MR) is 143 cm³/mol. The Kier molecular flexibility index (Phi) is 9.04. The summed E-state index contributed by atoms with van der Waals surface area (Å²) in [6.07, 6.45) is 1.63. The SMILES string of the molecule is C=CCOc1ccc(C2/C(=C(\O)c3ccc(OCC)cc3)C(=O)C(=O)N2CCN2CCOCC2)cc1OC. The fraction of sp³-hybridized carbons (Fsp3) is 0.379. The van der Waals surface area contributed by atoms with Crippen molar-refractivity contribution in [2.75, 3.05) is 59.7 Å². The van der Waals surface area contributed by atoms with Gasteiger partial charge >= 0.3 is 0 Å². The molecular formula is C29H34N2O7. The van der Waals surface area contributed by atoms with E-state index in [9.17, 15) is 14.7 Å². The zero-order valence-electron chi connectivity index (χ0n) is 21.9. The largest absolute Gasteiger partial charge is 0.507 e. The number of aliphatic hydroxyl groups is 1. The predicted octanol–water partition coefficient (Wildman–Crippen LogP) is 3.41. The second-order valence-electron chi connectivity index (χ2n) is 8.91. The van der Waals surface area contributed by atoms with E-state index in [-0.39, 0.29) is 11.3 Å². The highest BCUT2D eigenvalue weighted by atomic mass is 16.5.